The van der Waals surface area contributed by atoms with E-state index in [-0.39, 0.29) is 0 Å². The summed E-state index contributed by atoms with van der Waals surface area (Å²) in [6.45, 7) is 8.16. The topological polar surface area (TPSA) is 26.0 Å². The molecule has 0 rings (SSSR count). The first-order valence-corrected chi connectivity index (χ1v) is 3.85. The molecule has 0 saturated carbocycles. The molecule has 0 bridgehead atoms. The molecule has 1 heteroatoms. The SMILES string of the molecule is C=C(CC)/C(=C\N)CCC. The third kappa shape index (κ3) is 2.72. The third-order valence-corrected chi connectivity index (χ3v) is 1.60. The summed E-state index contributed by atoms with van der Waals surface area (Å²) in [6.07, 6.45) is 4.88. The molecule has 0 aromatic heterocycles. The van der Waals surface area contributed by atoms with Crippen LogP contribution in [0.5, 0.6) is 0 Å². The van der Waals surface area contributed by atoms with Gasteiger partial charge < -0.3 is 5.73 Å². The molecule has 10 heavy (non-hydrogen) atoms. The maximum absolute atomic E-state index is 5.41. The van der Waals surface area contributed by atoms with Gasteiger partial charge in [0.1, 0.15) is 0 Å². The average molecular weight is 139 g/mol. The van der Waals surface area contributed by atoms with E-state index in [4.69, 9.17) is 5.73 Å². The van der Waals surface area contributed by atoms with Gasteiger partial charge in [0.2, 0.25) is 0 Å². The van der Waals surface area contributed by atoms with Gasteiger partial charge in [0, 0.05) is 0 Å². The molecule has 0 saturated heterocycles. The minimum Gasteiger partial charge on any atom is -0.404 e. The Kier molecular flexibility index (Phi) is 4.73. The van der Waals surface area contributed by atoms with Gasteiger partial charge in [0.25, 0.3) is 0 Å². The standard InChI is InChI=1S/C9H17N/c1-4-6-9(7-10)8(3)5-2/h7H,3-6,10H2,1-2H3/b9-7-. The maximum atomic E-state index is 5.41. The second-order valence-corrected chi connectivity index (χ2v) is 2.40. The fraction of sp³-hybridized carbons (Fsp3) is 0.556. The highest BCUT2D eigenvalue weighted by Gasteiger charge is 1.96. The van der Waals surface area contributed by atoms with Gasteiger partial charge in [-0.1, -0.05) is 32.4 Å². The summed E-state index contributed by atoms with van der Waals surface area (Å²) in [5.74, 6) is 0. The molecule has 0 fully saturated rings. The Morgan fingerprint density at radius 1 is 1.50 bits per heavy atom. The highest BCUT2D eigenvalue weighted by atomic mass is 14.5. The van der Waals surface area contributed by atoms with Crippen LogP contribution in [0.15, 0.2) is 23.9 Å². The van der Waals surface area contributed by atoms with Gasteiger partial charge in [0.15, 0.2) is 0 Å². The number of hydrogen-bond acceptors (Lipinski definition) is 1. The van der Waals surface area contributed by atoms with E-state index in [2.05, 4.69) is 20.4 Å². The van der Waals surface area contributed by atoms with E-state index in [1.165, 1.54) is 11.1 Å². The molecule has 0 unspecified atom stereocenters. The lowest BCUT2D eigenvalue weighted by atomic mass is 10.0. The molecular weight excluding hydrogens is 122 g/mol. The molecule has 0 aromatic rings. The highest BCUT2D eigenvalue weighted by Crippen LogP contribution is 2.15. The Labute approximate surface area is 63.6 Å². The van der Waals surface area contributed by atoms with Crippen LogP contribution >= 0.6 is 0 Å². The number of rotatable bonds is 4. The molecule has 0 aliphatic heterocycles. The van der Waals surface area contributed by atoms with E-state index in [0.717, 1.165) is 19.3 Å². The molecule has 0 spiro atoms. The first-order chi connectivity index (χ1) is 4.76. The quantitative estimate of drug-likeness (QED) is 0.595. The Morgan fingerprint density at radius 2 is 2.10 bits per heavy atom. The molecule has 0 atom stereocenters. The number of allylic oxidation sites excluding steroid dienone is 2. The number of nitrogens with two attached hydrogens (primary N) is 1. The molecule has 2 N–H and O–H groups in total. The second kappa shape index (κ2) is 5.10. The molecule has 0 amide bonds. The van der Waals surface area contributed by atoms with Crippen molar-refractivity contribution in [1.29, 1.82) is 0 Å². The second-order valence-electron chi connectivity index (χ2n) is 2.40. The van der Waals surface area contributed by atoms with Crippen molar-refractivity contribution in [1.82, 2.24) is 0 Å². The van der Waals surface area contributed by atoms with Crippen molar-refractivity contribution < 1.29 is 0 Å². The normalized spacial score (nSPS) is 11.6. The maximum Gasteiger partial charge on any atom is -0.00271 e. The van der Waals surface area contributed by atoms with Crippen LogP contribution in [0.25, 0.3) is 0 Å². The lowest BCUT2D eigenvalue weighted by Gasteiger charge is -2.05. The molecule has 1 nitrogen and oxygen atoms in total. The van der Waals surface area contributed by atoms with E-state index in [1.54, 1.807) is 6.20 Å². The fourth-order valence-electron chi connectivity index (χ4n) is 0.874. The van der Waals surface area contributed by atoms with Crippen LogP contribution in [-0.4, -0.2) is 0 Å². The third-order valence-electron chi connectivity index (χ3n) is 1.60. The monoisotopic (exact) mass is 139 g/mol. The van der Waals surface area contributed by atoms with E-state index in [0.29, 0.717) is 0 Å². The molecule has 0 aromatic carbocycles. The minimum atomic E-state index is 1.00. The smallest absolute Gasteiger partial charge is 0.00271 e. The van der Waals surface area contributed by atoms with Crippen molar-refractivity contribution in [2.24, 2.45) is 5.73 Å². The summed E-state index contributed by atoms with van der Waals surface area (Å²) >= 11 is 0. The lowest BCUT2D eigenvalue weighted by molar-refractivity contribution is 0.892. The van der Waals surface area contributed by atoms with Gasteiger partial charge in [-0.3, -0.25) is 0 Å². The first-order valence-electron chi connectivity index (χ1n) is 3.85. The van der Waals surface area contributed by atoms with Crippen LogP contribution in [0.2, 0.25) is 0 Å². The van der Waals surface area contributed by atoms with E-state index >= 15 is 0 Å². The van der Waals surface area contributed by atoms with Gasteiger partial charge in [-0.05, 0) is 24.6 Å². The van der Waals surface area contributed by atoms with Crippen molar-refractivity contribution in [3.8, 4) is 0 Å². The molecule has 0 radical (unpaired) electrons. The van der Waals surface area contributed by atoms with Gasteiger partial charge in [-0.15, -0.1) is 0 Å². The van der Waals surface area contributed by atoms with E-state index < -0.39 is 0 Å². The van der Waals surface area contributed by atoms with Crippen molar-refractivity contribution in [3.05, 3.63) is 23.9 Å². The Bertz CT molecular complexity index is 134. The Morgan fingerprint density at radius 3 is 2.40 bits per heavy atom. The zero-order valence-electron chi connectivity index (χ0n) is 6.98. The summed E-state index contributed by atoms with van der Waals surface area (Å²) in [6, 6.07) is 0. The van der Waals surface area contributed by atoms with Gasteiger partial charge in [-0.2, -0.15) is 0 Å². The lowest BCUT2D eigenvalue weighted by Crippen LogP contribution is -1.91. The van der Waals surface area contributed by atoms with Crippen LogP contribution in [0.4, 0.5) is 0 Å². The van der Waals surface area contributed by atoms with Crippen LogP contribution in [0.3, 0.4) is 0 Å². The zero-order chi connectivity index (χ0) is 7.98. The first kappa shape index (κ1) is 9.28. The molecule has 0 aliphatic rings. The van der Waals surface area contributed by atoms with Gasteiger partial charge >= 0.3 is 0 Å². The van der Waals surface area contributed by atoms with Crippen molar-refractivity contribution in [2.45, 2.75) is 33.1 Å². The van der Waals surface area contributed by atoms with Gasteiger partial charge in [0.05, 0.1) is 0 Å². The van der Waals surface area contributed by atoms with E-state index in [9.17, 15) is 0 Å². The predicted octanol–water partition coefficient (Wildman–Crippen LogP) is 2.60. The summed E-state index contributed by atoms with van der Waals surface area (Å²) < 4.78 is 0. The Hall–Kier alpha value is -0.720. The zero-order valence-corrected chi connectivity index (χ0v) is 6.98. The summed E-state index contributed by atoms with van der Waals surface area (Å²) in [5, 5.41) is 0. The largest absolute Gasteiger partial charge is 0.404 e. The Balaban J connectivity index is 3.95. The summed E-state index contributed by atoms with van der Waals surface area (Å²) in [4.78, 5) is 0. The molecule has 58 valence electrons. The average Bonchev–Trinajstić information content (AvgIpc) is 1.99. The minimum absolute atomic E-state index is 1.00. The van der Waals surface area contributed by atoms with Crippen LogP contribution in [-0.2, 0) is 0 Å². The van der Waals surface area contributed by atoms with Crippen molar-refractivity contribution >= 4 is 0 Å². The summed E-state index contributed by atoms with van der Waals surface area (Å²) in [7, 11) is 0. The highest BCUT2D eigenvalue weighted by molar-refractivity contribution is 5.26. The van der Waals surface area contributed by atoms with Gasteiger partial charge in [-0.25, -0.2) is 0 Å². The molecular formula is C9H17N. The van der Waals surface area contributed by atoms with Crippen LogP contribution in [0, 0.1) is 0 Å². The molecule has 0 aliphatic carbocycles. The van der Waals surface area contributed by atoms with Crippen molar-refractivity contribution in [3.63, 3.8) is 0 Å². The fourth-order valence-corrected chi connectivity index (χ4v) is 0.874. The number of hydrogen-bond donors (Lipinski definition) is 1. The van der Waals surface area contributed by atoms with Crippen LogP contribution < -0.4 is 5.73 Å². The van der Waals surface area contributed by atoms with E-state index in [1.807, 2.05) is 0 Å². The summed E-state index contributed by atoms with van der Waals surface area (Å²) in [5.41, 5.74) is 7.80. The predicted molar refractivity (Wildman–Crippen MR) is 46.6 cm³/mol. The van der Waals surface area contributed by atoms with Crippen molar-refractivity contribution in [2.75, 3.05) is 0 Å². The van der Waals surface area contributed by atoms with Crippen LogP contribution in [0.1, 0.15) is 33.1 Å². The molecule has 0 heterocycles.